The number of aryl methyl sites for hydroxylation is 1. The number of benzene rings is 3. The van der Waals surface area contributed by atoms with Gasteiger partial charge in [-0.25, -0.2) is 0 Å². The zero-order chi connectivity index (χ0) is 41.9. The average Bonchev–Trinajstić information content (AvgIpc) is 3.77. The summed E-state index contributed by atoms with van der Waals surface area (Å²) < 4.78 is 0. The molecule has 9 rings (SSSR count). The van der Waals surface area contributed by atoms with E-state index in [1.54, 1.807) is 24.3 Å². The van der Waals surface area contributed by atoms with Crippen molar-refractivity contribution in [1.82, 2.24) is 25.0 Å². The second kappa shape index (κ2) is 15.6. The van der Waals surface area contributed by atoms with Crippen LogP contribution < -0.4 is 15.5 Å². The SMILES string of the molecule is CCc1cc2c(cc1N1CCC(N3CCN(CCCCNc4cccc5c4C(=O)N(C4CCC(=O)NC4=O)C5=O)CC3)CC1)C(C)(C)c1[nH]c3cc(C#N)ccc3c1C2=O. The molecule has 4 aliphatic heterocycles. The number of H-pyrrole nitrogens is 1. The average molecular weight is 809 g/mol. The minimum absolute atomic E-state index is 0.0548. The number of nitrogens with zero attached hydrogens (tertiary/aromatic N) is 5. The number of fused-ring (bicyclic) bond motifs is 5. The highest BCUT2D eigenvalue weighted by molar-refractivity contribution is 6.25. The number of carbonyl (C=O) groups excluding carboxylic acids is 5. The van der Waals surface area contributed by atoms with E-state index in [9.17, 15) is 29.2 Å². The Labute approximate surface area is 350 Å². The zero-order valence-electron chi connectivity index (χ0n) is 34.7. The Morgan fingerprint density at radius 2 is 1.65 bits per heavy atom. The maximum absolute atomic E-state index is 14.1. The van der Waals surface area contributed by atoms with Crippen LogP contribution in [-0.2, 0) is 21.4 Å². The molecule has 4 aromatic rings. The van der Waals surface area contributed by atoms with Crippen molar-refractivity contribution in [3.63, 3.8) is 0 Å². The highest BCUT2D eigenvalue weighted by Gasteiger charge is 2.46. The van der Waals surface area contributed by atoms with E-state index in [0.717, 1.165) is 116 Å². The molecule has 3 aromatic carbocycles. The number of rotatable bonds is 10. The number of nitriles is 1. The van der Waals surface area contributed by atoms with Crippen LogP contribution in [0.25, 0.3) is 10.9 Å². The topological polar surface area (TPSA) is 162 Å². The van der Waals surface area contributed by atoms with Gasteiger partial charge in [-0.2, -0.15) is 5.26 Å². The molecule has 1 unspecified atom stereocenters. The first-order valence-electron chi connectivity index (χ1n) is 21.6. The fraction of sp³-hybridized carbons (Fsp3) is 0.447. The number of unbranched alkanes of at least 4 members (excludes halogenated alkanes) is 1. The Kier molecular flexibility index (Phi) is 10.3. The van der Waals surface area contributed by atoms with Crippen LogP contribution in [-0.4, -0.2) is 114 Å². The van der Waals surface area contributed by atoms with Gasteiger partial charge in [0.25, 0.3) is 11.8 Å². The molecule has 0 radical (unpaired) electrons. The smallest absolute Gasteiger partial charge is 0.264 e. The number of imide groups is 2. The quantitative estimate of drug-likeness (QED) is 0.141. The highest BCUT2D eigenvalue weighted by Crippen LogP contribution is 2.46. The lowest BCUT2D eigenvalue weighted by molar-refractivity contribution is -0.136. The zero-order valence-corrected chi connectivity index (χ0v) is 34.7. The lowest BCUT2D eigenvalue weighted by atomic mass is 9.70. The van der Waals surface area contributed by atoms with Crippen molar-refractivity contribution in [3.8, 4) is 6.07 Å². The van der Waals surface area contributed by atoms with Gasteiger partial charge in [-0.3, -0.25) is 39.1 Å². The second-order valence-corrected chi connectivity index (χ2v) is 17.5. The van der Waals surface area contributed by atoms with Crippen LogP contribution in [0, 0.1) is 11.3 Å². The molecule has 1 aromatic heterocycles. The standard InChI is InChI=1S/C47H52N8O5/c1-4-29-25-33-34(47(2,3)43-41(42(33)57)31-11-10-28(27-48)24-36(31)50-43)26-38(29)54-18-14-30(15-19-54)53-22-20-52(21-23-53)17-6-5-16-49-35-9-7-8-32-40(35)46(60)55(45(32)59)37-12-13-39(56)51-44(37)58/h7-11,24-26,30,37,49-50H,4-6,12-23H2,1-3H3,(H,51,56,58). The molecule has 4 amide bonds. The molecule has 3 fully saturated rings. The first kappa shape index (κ1) is 39.6. The van der Waals surface area contributed by atoms with E-state index >= 15 is 0 Å². The first-order chi connectivity index (χ1) is 29.0. The van der Waals surface area contributed by atoms with Gasteiger partial charge in [-0.15, -0.1) is 0 Å². The Hall–Kier alpha value is -5.84. The number of hydrogen-bond donors (Lipinski definition) is 3. The van der Waals surface area contributed by atoms with Crippen LogP contribution >= 0.6 is 0 Å². The lowest BCUT2D eigenvalue weighted by Gasteiger charge is -2.44. The maximum Gasteiger partial charge on any atom is 0.264 e. The van der Waals surface area contributed by atoms with Crippen LogP contribution in [0.3, 0.4) is 0 Å². The van der Waals surface area contributed by atoms with Gasteiger partial charge in [0.2, 0.25) is 11.8 Å². The minimum atomic E-state index is -0.980. The first-order valence-corrected chi connectivity index (χ1v) is 21.6. The number of amides is 4. The van der Waals surface area contributed by atoms with Crippen LogP contribution in [0.5, 0.6) is 0 Å². The van der Waals surface area contributed by atoms with Crippen molar-refractivity contribution < 1.29 is 24.0 Å². The lowest BCUT2D eigenvalue weighted by Crippen LogP contribution is -2.54. The molecule has 0 spiro atoms. The normalized spacial score (nSPS) is 20.9. The summed E-state index contributed by atoms with van der Waals surface area (Å²) in [7, 11) is 0. The van der Waals surface area contributed by atoms with Crippen molar-refractivity contribution in [2.45, 2.75) is 83.2 Å². The van der Waals surface area contributed by atoms with Gasteiger partial charge in [-0.1, -0.05) is 32.9 Å². The number of carbonyl (C=O) groups is 5. The molecule has 60 heavy (non-hydrogen) atoms. The van der Waals surface area contributed by atoms with Crippen LogP contribution in [0.1, 0.15) is 118 Å². The van der Waals surface area contributed by atoms with Crippen molar-refractivity contribution in [3.05, 3.63) is 93.2 Å². The van der Waals surface area contributed by atoms with Crippen molar-refractivity contribution in [2.75, 3.05) is 62.6 Å². The molecule has 3 N–H and O–H groups in total. The van der Waals surface area contributed by atoms with Gasteiger partial charge in [0.05, 0.1) is 28.3 Å². The van der Waals surface area contributed by atoms with Crippen LogP contribution in [0.4, 0.5) is 11.4 Å². The number of piperazine rings is 1. The molecule has 5 aliphatic rings. The van der Waals surface area contributed by atoms with E-state index in [1.807, 2.05) is 12.1 Å². The molecule has 0 saturated carbocycles. The fourth-order valence-corrected chi connectivity index (χ4v) is 10.3. The minimum Gasteiger partial charge on any atom is -0.384 e. The number of aromatic nitrogens is 1. The molecule has 1 aliphatic carbocycles. The summed E-state index contributed by atoms with van der Waals surface area (Å²) >= 11 is 0. The number of anilines is 2. The third-order valence-electron chi connectivity index (χ3n) is 13.7. The van der Waals surface area contributed by atoms with Gasteiger partial charge >= 0.3 is 0 Å². The number of aromatic amines is 1. The van der Waals surface area contributed by atoms with Crippen LogP contribution in [0.15, 0.2) is 48.5 Å². The summed E-state index contributed by atoms with van der Waals surface area (Å²) in [5, 5.41) is 16.0. The Bertz CT molecular complexity index is 2480. The van der Waals surface area contributed by atoms with E-state index in [4.69, 9.17) is 0 Å². The summed E-state index contributed by atoms with van der Waals surface area (Å²) in [6.45, 7) is 14.3. The van der Waals surface area contributed by atoms with Gasteiger partial charge in [-0.05, 0) is 92.6 Å². The molecular weight excluding hydrogens is 757 g/mol. The van der Waals surface area contributed by atoms with Gasteiger partial charge in [0.15, 0.2) is 5.78 Å². The number of hydrogen-bond acceptors (Lipinski definition) is 10. The summed E-state index contributed by atoms with van der Waals surface area (Å²) in [4.78, 5) is 77.1. The third kappa shape index (κ3) is 6.76. The number of piperidine rings is 2. The molecular formula is C47H52N8O5. The molecule has 310 valence electrons. The summed E-state index contributed by atoms with van der Waals surface area (Å²) in [5.41, 5.74) is 8.11. The molecule has 5 heterocycles. The summed E-state index contributed by atoms with van der Waals surface area (Å²) in [6, 6.07) is 16.9. The van der Waals surface area contributed by atoms with Gasteiger partial charge in [0.1, 0.15) is 6.04 Å². The van der Waals surface area contributed by atoms with E-state index < -0.39 is 35.1 Å². The Morgan fingerprint density at radius 3 is 2.38 bits per heavy atom. The van der Waals surface area contributed by atoms with Crippen molar-refractivity contribution in [2.24, 2.45) is 0 Å². The number of ketones is 1. The highest BCUT2D eigenvalue weighted by atomic mass is 16.2. The van der Waals surface area contributed by atoms with Crippen molar-refractivity contribution in [1.29, 1.82) is 5.26 Å². The summed E-state index contributed by atoms with van der Waals surface area (Å²) in [5.74, 6) is -1.94. The van der Waals surface area contributed by atoms with E-state index in [0.29, 0.717) is 29.4 Å². The monoisotopic (exact) mass is 808 g/mol. The fourth-order valence-electron chi connectivity index (χ4n) is 10.3. The molecule has 13 nitrogen and oxygen atoms in total. The Morgan fingerprint density at radius 1 is 0.867 bits per heavy atom. The molecule has 3 saturated heterocycles. The van der Waals surface area contributed by atoms with Gasteiger partial charge in [0, 0.05) is 97.2 Å². The Balaban J connectivity index is 0.758. The van der Waals surface area contributed by atoms with E-state index in [-0.39, 0.29) is 24.2 Å². The maximum atomic E-state index is 14.1. The predicted molar refractivity (Wildman–Crippen MR) is 228 cm³/mol. The largest absolute Gasteiger partial charge is 0.384 e. The van der Waals surface area contributed by atoms with E-state index in [2.05, 4.69) is 69.3 Å². The second-order valence-electron chi connectivity index (χ2n) is 17.5. The predicted octanol–water partition coefficient (Wildman–Crippen LogP) is 5.35. The molecule has 0 bridgehead atoms. The van der Waals surface area contributed by atoms with Crippen molar-refractivity contribution >= 4 is 51.7 Å². The van der Waals surface area contributed by atoms with Crippen LogP contribution in [0.2, 0.25) is 0 Å². The molecule has 13 heteroatoms. The van der Waals surface area contributed by atoms with E-state index in [1.165, 1.54) is 11.3 Å². The van der Waals surface area contributed by atoms with Gasteiger partial charge < -0.3 is 20.1 Å². The number of nitrogens with one attached hydrogen (secondary N) is 3. The summed E-state index contributed by atoms with van der Waals surface area (Å²) in [6.07, 6.45) is 5.18. The molecule has 1 atom stereocenters. The third-order valence-corrected chi connectivity index (χ3v) is 13.7.